The molecule has 0 saturated heterocycles. The van der Waals surface area contributed by atoms with Gasteiger partial charge in [0.2, 0.25) is 0 Å². The fourth-order valence-corrected chi connectivity index (χ4v) is 3.83. The molecule has 146 valence electrons. The topological polar surface area (TPSA) is 35.5 Å². The number of hydrogen-bond acceptors (Lipinski definition) is 3. The van der Waals surface area contributed by atoms with Crippen molar-refractivity contribution in [3.8, 4) is 0 Å². The Kier molecular flexibility index (Phi) is 18.1. The van der Waals surface area contributed by atoms with Gasteiger partial charge in [0.05, 0.1) is 13.2 Å². The van der Waals surface area contributed by atoms with Crippen LogP contribution in [0.4, 0.5) is 0 Å². The van der Waals surface area contributed by atoms with Crippen LogP contribution in [0.2, 0.25) is 0 Å². The second-order valence-electron chi connectivity index (χ2n) is 7.17. The van der Waals surface area contributed by atoms with Crippen molar-refractivity contribution in [3.05, 3.63) is 0 Å². The molecule has 0 saturated carbocycles. The van der Waals surface area contributed by atoms with E-state index in [0.29, 0.717) is 25.0 Å². The van der Waals surface area contributed by atoms with E-state index in [2.05, 4.69) is 27.7 Å². The van der Waals surface area contributed by atoms with Gasteiger partial charge >= 0.3 is 8.25 Å². The summed E-state index contributed by atoms with van der Waals surface area (Å²) >= 11 is 0. The monoisotopic (exact) mass is 362 g/mol. The van der Waals surface area contributed by atoms with Gasteiger partial charge in [-0.05, 0) is 37.5 Å². The summed E-state index contributed by atoms with van der Waals surface area (Å²) in [5.41, 5.74) is 0. The van der Waals surface area contributed by atoms with Crippen LogP contribution in [0, 0.1) is 11.8 Å². The molecule has 0 aliphatic heterocycles. The highest BCUT2D eigenvalue weighted by Crippen LogP contribution is 2.30. The fourth-order valence-electron chi connectivity index (χ4n) is 3.01. The zero-order valence-corrected chi connectivity index (χ0v) is 17.8. The highest BCUT2D eigenvalue weighted by molar-refractivity contribution is 7.33. The molecule has 3 nitrogen and oxygen atoms in total. The van der Waals surface area contributed by atoms with E-state index in [1.54, 1.807) is 0 Å². The molecule has 0 heterocycles. The van der Waals surface area contributed by atoms with Crippen molar-refractivity contribution in [2.75, 3.05) is 13.2 Å². The van der Waals surface area contributed by atoms with E-state index in [-0.39, 0.29) is 0 Å². The quantitative estimate of drug-likeness (QED) is 0.238. The molecule has 0 amide bonds. The molecule has 0 aliphatic rings. The van der Waals surface area contributed by atoms with Gasteiger partial charge in [0.25, 0.3) is 0 Å². The second-order valence-corrected chi connectivity index (χ2v) is 8.25. The van der Waals surface area contributed by atoms with Crippen molar-refractivity contribution in [1.82, 2.24) is 0 Å². The van der Waals surface area contributed by atoms with Gasteiger partial charge < -0.3 is 9.05 Å². The Morgan fingerprint density at radius 2 is 0.917 bits per heavy atom. The molecule has 0 fully saturated rings. The van der Waals surface area contributed by atoms with Crippen LogP contribution >= 0.6 is 8.25 Å². The molecule has 24 heavy (non-hydrogen) atoms. The minimum atomic E-state index is -2.33. The Morgan fingerprint density at radius 1 is 0.625 bits per heavy atom. The fraction of sp³-hybridized carbons (Fsp3) is 1.00. The van der Waals surface area contributed by atoms with Gasteiger partial charge in [-0.3, -0.25) is 4.57 Å². The van der Waals surface area contributed by atoms with E-state index in [4.69, 9.17) is 9.05 Å². The van der Waals surface area contributed by atoms with Crippen molar-refractivity contribution >= 4 is 8.25 Å². The second kappa shape index (κ2) is 18.0. The zero-order chi connectivity index (χ0) is 18.0. The van der Waals surface area contributed by atoms with E-state index in [1.807, 2.05) is 0 Å². The highest BCUT2D eigenvalue weighted by atomic mass is 31.1. The van der Waals surface area contributed by atoms with Crippen LogP contribution in [0.15, 0.2) is 0 Å². The summed E-state index contributed by atoms with van der Waals surface area (Å²) in [4.78, 5) is 0. The van der Waals surface area contributed by atoms with Gasteiger partial charge in [-0.25, -0.2) is 0 Å². The molecule has 0 radical (unpaired) electrons. The molecule has 0 aliphatic carbocycles. The summed E-state index contributed by atoms with van der Waals surface area (Å²) in [6, 6.07) is 0. The first-order valence-corrected chi connectivity index (χ1v) is 11.7. The average Bonchev–Trinajstić information content (AvgIpc) is 2.60. The zero-order valence-electron chi connectivity index (χ0n) is 16.8. The van der Waals surface area contributed by atoms with E-state index in [0.717, 1.165) is 0 Å². The lowest BCUT2D eigenvalue weighted by Crippen LogP contribution is -2.10. The van der Waals surface area contributed by atoms with Crippen LogP contribution < -0.4 is 0 Å². The standard InChI is InChI=1S/C20H43O3P/c1-5-9-13-19(14-10-6-2)17-22-24(21)23-18-20(15-11-7-3)16-12-8-4/h19-20,24H,5-18H2,1-4H3. The average molecular weight is 363 g/mol. The van der Waals surface area contributed by atoms with Crippen LogP contribution in [-0.2, 0) is 13.6 Å². The molecule has 0 aromatic carbocycles. The van der Waals surface area contributed by atoms with Crippen molar-refractivity contribution < 1.29 is 13.6 Å². The smallest absolute Gasteiger partial charge is 0.310 e. The Morgan fingerprint density at radius 3 is 1.17 bits per heavy atom. The van der Waals surface area contributed by atoms with Gasteiger partial charge in [-0.1, -0.05) is 79.1 Å². The molecular formula is C20H43O3P. The molecule has 0 aromatic rings. The first-order chi connectivity index (χ1) is 11.7. The maximum Gasteiger partial charge on any atom is 0.319 e. The van der Waals surface area contributed by atoms with Crippen molar-refractivity contribution in [2.45, 2.75) is 105 Å². The molecule has 0 rings (SSSR count). The van der Waals surface area contributed by atoms with Crippen LogP contribution in [0.5, 0.6) is 0 Å². The van der Waals surface area contributed by atoms with Crippen molar-refractivity contribution in [2.24, 2.45) is 11.8 Å². The Labute approximate surface area is 152 Å². The lowest BCUT2D eigenvalue weighted by atomic mass is 9.97. The SMILES string of the molecule is CCCCC(CCCC)CO[PH](=O)OCC(CCCC)CCCC. The highest BCUT2D eigenvalue weighted by Gasteiger charge is 2.13. The predicted octanol–water partition coefficient (Wildman–Crippen LogP) is 7.40. The van der Waals surface area contributed by atoms with E-state index >= 15 is 0 Å². The lowest BCUT2D eigenvalue weighted by Gasteiger charge is -2.18. The maximum absolute atomic E-state index is 12.1. The van der Waals surface area contributed by atoms with E-state index in [9.17, 15) is 4.57 Å². The predicted molar refractivity (Wildman–Crippen MR) is 106 cm³/mol. The summed E-state index contributed by atoms with van der Waals surface area (Å²) < 4.78 is 23.3. The summed E-state index contributed by atoms with van der Waals surface area (Å²) in [5, 5.41) is 0. The Balaban J connectivity index is 4.08. The third-order valence-electron chi connectivity index (χ3n) is 4.74. The molecule has 0 atom stereocenters. The largest absolute Gasteiger partial charge is 0.319 e. The normalized spacial score (nSPS) is 12.0. The van der Waals surface area contributed by atoms with Crippen LogP contribution in [-0.4, -0.2) is 13.2 Å². The van der Waals surface area contributed by atoms with Crippen molar-refractivity contribution in [3.63, 3.8) is 0 Å². The van der Waals surface area contributed by atoms with Gasteiger partial charge in [-0.2, -0.15) is 0 Å². The summed E-state index contributed by atoms with van der Waals surface area (Å²) in [6.07, 6.45) is 14.5. The minimum Gasteiger partial charge on any atom is -0.310 e. The van der Waals surface area contributed by atoms with Crippen LogP contribution in [0.1, 0.15) is 105 Å². The summed E-state index contributed by atoms with van der Waals surface area (Å²) in [5.74, 6) is 1.08. The summed E-state index contributed by atoms with van der Waals surface area (Å²) in [7, 11) is -2.33. The van der Waals surface area contributed by atoms with Gasteiger partial charge in [0.15, 0.2) is 0 Å². The van der Waals surface area contributed by atoms with E-state index < -0.39 is 8.25 Å². The third kappa shape index (κ3) is 14.5. The molecule has 0 spiro atoms. The van der Waals surface area contributed by atoms with Crippen LogP contribution in [0.25, 0.3) is 0 Å². The molecular weight excluding hydrogens is 319 g/mol. The van der Waals surface area contributed by atoms with E-state index in [1.165, 1.54) is 77.0 Å². The first kappa shape index (κ1) is 24.1. The molecule has 0 bridgehead atoms. The van der Waals surface area contributed by atoms with Gasteiger partial charge in [0, 0.05) is 0 Å². The first-order valence-electron chi connectivity index (χ1n) is 10.5. The lowest BCUT2D eigenvalue weighted by molar-refractivity contribution is 0.162. The van der Waals surface area contributed by atoms with Crippen molar-refractivity contribution in [1.29, 1.82) is 0 Å². The Hall–Kier alpha value is 0.150. The molecule has 4 heteroatoms. The number of unbranched alkanes of at least 4 members (excludes halogenated alkanes) is 4. The van der Waals surface area contributed by atoms with Crippen LogP contribution in [0.3, 0.4) is 0 Å². The third-order valence-corrected chi connectivity index (χ3v) is 5.54. The Bertz CT molecular complexity index is 242. The summed E-state index contributed by atoms with van der Waals surface area (Å²) in [6.45, 7) is 10.1. The maximum atomic E-state index is 12.1. The molecule has 0 N–H and O–H groups in total. The number of hydrogen-bond donors (Lipinski definition) is 0. The van der Waals surface area contributed by atoms with Gasteiger partial charge in [0.1, 0.15) is 0 Å². The van der Waals surface area contributed by atoms with Gasteiger partial charge in [-0.15, -0.1) is 0 Å². The molecule has 0 unspecified atom stereocenters. The minimum absolute atomic E-state index is 0.540. The number of rotatable bonds is 18. The molecule has 0 aromatic heterocycles.